The number of benzene rings is 1. The van der Waals surface area contributed by atoms with Crippen molar-refractivity contribution >= 4 is 17.3 Å². The van der Waals surface area contributed by atoms with Crippen LogP contribution in [0, 0.1) is 11.3 Å². The van der Waals surface area contributed by atoms with Gasteiger partial charge in [0, 0.05) is 31.9 Å². The van der Waals surface area contributed by atoms with E-state index in [0.29, 0.717) is 38.3 Å². The molecule has 1 saturated heterocycles. The lowest BCUT2D eigenvalue weighted by Crippen LogP contribution is -2.44. The number of halogens is 3. The van der Waals surface area contributed by atoms with Crippen molar-refractivity contribution in [2.45, 2.75) is 19.5 Å². The third-order valence-corrected chi connectivity index (χ3v) is 4.52. The summed E-state index contributed by atoms with van der Waals surface area (Å²) in [5.74, 6) is 0.154. The number of hydrogen-bond donors (Lipinski definition) is 2. The van der Waals surface area contributed by atoms with E-state index in [-0.39, 0.29) is 11.6 Å². The number of hydrogen-bond acceptors (Lipinski definition) is 5. The Morgan fingerprint density at radius 2 is 1.96 bits per heavy atom. The van der Waals surface area contributed by atoms with Crippen LogP contribution in [0.4, 0.5) is 30.5 Å². The summed E-state index contributed by atoms with van der Waals surface area (Å²) in [6, 6.07) is 9.97. The number of pyridine rings is 1. The van der Waals surface area contributed by atoms with Crippen molar-refractivity contribution in [1.82, 2.24) is 10.3 Å². The molecule has 0 amide bonds. The Labute approximate surface area is 155 Å². The molecule has 0 atom stereocenters. The van der Waals surface area contributed by atoms with Crippen LogP contribution in [-0.4, -0.2) is 31.2 Å². The number of rotatable bonds is 4. The maximum atomic E-state index is 13.6. The molecule has 5 nitrogen and oxygen atoms in total. The largest absolute Gasteiger partial charge is 0.417 e. The zero-order valence-corrected chi connectivity index (χ0v) is 14.9. The summed E-state index contributed by atoms with van der Waals surface area (Å²) in [6.07, 6.45) is -3.94. The molecule has 0 unspecified atom stereocenters. The minimum atomic E-state index is -4.64. The lowest BCUT2D eigenvalue weighted by Gasteiger charge is -2.29. The number of nitrogens with zero attached hydrogens (tertiary/aromatic N) is 3. The smallest absolute Gasteiger partial charge is 0.354 e. The maximum absolute atomic E-state index is 13.6. The van der Waals surface area contributed by atoms with Crippen molar-refractivity contribution in [3.63, 3.8) is 0 Å². The van der Waals surface area contributed by atoms with Gasteiger partial charge in [0.05, 0.1) is 5.56 Å². The summed E-state index contributed by atoms with van der Waals surface area (Å²) < 4.78 is 40.8. The van der Waals surface area contributed by atoms with Gasteiger partial charge in [0.1, 0.15) is 17.5 Å². The zero-order chi connectivity index (χ0) is 19.4. The van der Waals surface area contributed by atoms with Gasteiger partial charge in [-0.15, -0.1) is 0 Å². The first-order valence-corrected chi connectivity index (χ1v) is 8.77. The molecule has 0 bridgehead atoms. The van der Waals surface area contributed by atoms with Crippen LogP contribution in [0.1, 0.15) is 23.6 Å². The Hall–Kier alpha value is -2.79. The molecule has 1 aliphatic rings. The van der Waals surface area contributed by atoms with Crippen LogP contribution in [0.3, 0.4) is 0 Å². The Kier molecular flexibility index (Phi) is 5.51. The lowest BCUT2D eigenvalue weighted by atomic mass is 10.1. The van der Waals surface area contributed by atoms with Gasteiger partial charge in [0.25, 0.3) is 0 Å². The number of aromatic nitrogens is 1. The van der Waals surface area contributed by atoms with Crippen molar-refractivity contribution in [2.24, 2.45) is 0 Å². The first-order chi connectivity index (χ1) is 12.9. The number of piperazine rings is 1. The topological polar surface area (TPSA) is 64.0 Å². The van der Waals surface area contributed by atoms with Gasteiger partial charge < -0.3 is 15.5 Å². The van der Waals surface area contributed by atoms with Gasteiger partial charge in [-0.05, 0) is 24.1 Å². The van der Waals surface area contributed by atoms with Gasteiger partial charge in [-0.2, -0.15) is 18.4 Å². The van der Waals surface area contributed by atoms with Gasteiger partial charge in [-0.3, -0.25) is 0 Å². The average Bonchev–Trinajstić information content (AvgIpc) is 2.67. The van der Waals surface area contributed by atoms with Crippen molar-refractivity contribution in [2.75, 3.05) is 36.4 Å². The Morgan fingerprint density at radius 3 is 2.59 bits per heavy atom. The molecule has 3 rings (SSSR count). The van der Waals surface area contributed by atoms with E-state index in [4.69, 9.17) is 0 Å². The molecule has 1 aromatic carbocycles. The van der Waals surface area contributed by atoms with Crippen molar-refractivity contribution < 1.29 is 13.2 Å². The summed E-state index contributed by atoms with van der Waals surface area (Å²) in [5, 5.41) is 15.5. The summed E-state index contributed by atoms with van der Waals surface area (Å²) in [7, 11) is 0. The van der Waals surface area contributed by atoms with E-state index < -0.39 is 17.3 Å². The molecule has 0 radical (unpaired) electrons. The number of aryl methyl sites for hydroxylation is 1. The molecule has 0 aliphatic carbocycles. The second-order valence-electron chi connectivity index (χ2n) is 6.23. The quantitative estimate of drug-likeness (QED) is 0.853. The highest BCUT2D eigenvalue weighted by molar-refractivity contribution is 5.70. The van der Waals surface area contributed by atoms with Crippen molar-refractivity contribution in [3.05, 3.63) is 47.0 Å². The first kappa shape index (κ1) is 19.0. The molecule has 0 spiro atoms. The predicted octanol–water partition coefficient (Wildman–Crippen LogP) is 3.69. The molecule has 1 fully saturated rings. The van der Waals surface area contributed by atoms with E-state index in [2.05, 4.69) is 15.6 Å². The van der Waals surface area contributed by atoms with E-state index in [9.17, 15) is 18.4 Å². The summed E-state index contributed by atoms with van der Waals surface area (Å²) in [4.78, 5) is 6.17. The van der Waals surface area contributed by atoms with Crippen LogP contribution < -0.4 is 15.5 Å². The van der Waals surface area contributed by atoms with Crippen LogP contribution in [0.2, 0.25) is 0 Å². The molecular formula is C19H20F3N5. The molecule has 1 aliphatic heterocycles. The minimum Gasteiger partial charge on any atom is -0.354 e. The second-order valence-corrected chi connectivity index (χ2v) is 6.23. The summed E-state index contributed by atoms with van der Waals surface area (Å²) in [5.41, 5.74) is 0.121. The highest BCUT2D eigenvalue weighted by Gasteiger charge is 2.36. The fourth-order valence-electron chi connectivity index (χ4n) is 3.09. The molecule has 27 heavy (non-hydrogen) atoms. The van der Waals surface area contributed by atoms with Crippen LogP contribution in [-0.2, 0) is 12.6 Å². The van der Waals surface area contributed by atoms with Gasteiger partial charge in [-0.1, -0.05) is 25.1 Å². The van der Waals surface area contributed by atoms with Crippen LogP contribution in [0.5, 0.6) is 0 Å². The molecular weight excluding hydrogens is 355 g/mol. The standard InChI is InChI=1S/C19H20F3N5/c1-2-13-5-3-4-6-16(13)25-18-14(12-23)15(19(20,21)22)11-17(26-18)27-9-7-24-8-10-27/h3-6,11,24H,2,7-10H2,1H3,(H,25,26). The predicted molar refractivity (Wildman–Crippen MR) is 98.1 cm³/mol. The van der Waals surface area contributed by atoms with E-state index in [1.54, 1.807) is 23.1 Å². The van der Waals surface area contributed by atoms with Crippen LogP contribution in [0.25, 0.3) is 0 Å². The average molecular weight is 375 g/mol. The third-order valence-electron chi connectivity index (χ3n) is 4.52. The third kappa shape index (κ3) is 4.14. The van der Waals surface area contributed by atoms with Gasteiger partial charge in [0.15, 0.2) is 5.82 Å². The second kappa shape index (κ2) is 7.84. The van der Waals surface area contributed by atoms with Crippen molar-refractivity contribution in [1.29, 1.82) is 5.26 Å². The molecule has 1 aromatic heterocycles. The lowest BCUT2D eigenvalue weighted by molar-refractivity contribution is -0.137. The number of para-hydroxylation sites is 1. The van der Waals surface area contributed by atoms with Gasteiger partial charge in [-0.25, -0.2) is 4.98 Å². The SMILES string of the molecule is CCc1ccccc1Nc1nc(N2CCNCC2)cc(C(F)(F)F)c1C#N. The Balaban J connectivity index is 2.11. The highest BCUT2D eigenvalue weighted by atomic mass is 19.4. The zero-order valence-electron chi connectivity index (χ0n) is 14.9. The monoisotopic (exact) mass is 375 g/mol. The van der Waals surface area contributed by atoms with Gasteiger partial charge in [0.2, 0.25) is 0 Å². The van der Waals surface area contributed by atoms with Crippen LogP contribution in [0.15, 0.2) is 30.3 Å². The van der Waals surface area contributed by atoms with E-state index in [1.807, 2.05) is 19.1 Å². The molecule has 2 aromatic rings. The fraction of sp³-hybridized carbons (Fsp3) is 0.368. The molecule has 8 heteroatoms. The normalized spacial score (nSPS) is 14.7. The highest BCUT2D eigenvalue weighted by Crippen LogP contribution is 2.37. The Bertz CT molecular complexity index is 851. The number of nitrogens with one attached hydrogen (secondary N) is 2. The number of anilines is 3. The maximum Gasteiger partial charge on any atom is 0.417 e. The molecule has 2 N–H and O–H groups in total. The van der Waals surface area contributed by atoms with E-state index >= 15 is 0 Å². The van der Waals surface area contributed by atoms with Gasteiger partial charge >= 0.3 is 6.18 Å². The van der Waals surface area contributed by atoms with Crippen molar-refractivity contribution in [3.8, 4) is 6.07 Å². The first-order valence-electron chi connectivity index (χ1n) is 8.77. The number of nitriles is 1. The van der Waals surface area contributed by atoms with Crippen LogP contribution >= 0.6 is 0 Å². The summed E-state index contributed by atoms with van der Waals surface area (Å²) >= 11 is 0. The number of alkyl halides is 3. The van der Waals surface area contributed by atoms with E-state index in [0.717, 1.165) is 11.6 Å². The molecule has 142 valence electrons. The van der Waals surface area contributed by atoms with E-state index in [1.165, 1.54) is 0 Å². The fourth-order valence-corrected chi connectivity index (χ4v) is 3.09. The Morgan fingerprint density at radius 1 is 1.26 bits per heavy atom. The molecule has 0 saturated carbocycles. The summed E-state index contributed by atoms with van der Waals surface area (Å²) in [6.45, 7) is 4.41. The molecule has 2 heterocycles. The minimum absolute atomic E-state index is 0.0678.